The molecule has 1 heterocycles. The highest BCUT2D eigenvalue weighted by Crippen LogP contribution is 2.37. The summed E-state index contributed by atoms with van der Waals surface area (Å²) in [5.74, 6) is 2.05. The van der Waals surface area contributed by atoms with Crippen LogP contribution in [0, 0.1) is 17.8 Å². The fourth-order valence-electron chi connectivity index (χ4n) is 3.29. The summed E-state index contributed by atoms with van der Waals surface area (Å²) in [6, 6.07) is 5.93. The fourth-order valence-corrected chi connectivity index (χ4v) is 3.29. The van der Waals surface area contributed by atoms with Crippen molar-refractivity contribution in [3.8, 4) is 0 Å². The summed E-state index contributed by atoms with van der Waals surface area (Å²) in [7, 11) is 0. The van der Waals surface area contributed by atoms with Crippen LogP contribution in [0.4, 0.5) is 0 Å². The Morgan fingerprint density at radius 1 is 1.35 bits per heavy atom. The molecule has 0 aromatic carbocycles. The zero-order valence-electron chi connectivity index (χ0n) is 13.0. The Balaban J connectivity index is 2.08. The number of pyridine rings is 1. The summed E-state index contributed by atoms with van der Waals surface area (Å²) in [4.78, 5) is 4.40. The van der Waals surface area contributed by atoms with Crippen LogP contribution in [0.1, 0.15) is 51.8 Å². The topological polar surface area (TPSA) is 48.1 Å². The van der Waals surface area contributed by atoms with Crippen LogP contribution in [0.15, 0.2) is 24.4 Å². The molecule has 0 radical (unpaired) electrons. The van der Waals surface area contributed by atoms with Crippen LogP contribution in [0.25, 0.3) is 0 Å². The highest BCUT2D eigenvalue weighted by atomic mass is 16.5. The van der Waals surface area contributed by atoms with Crippen LogP contribution in [0.5, 0.6) is 0 Å². The van der Waals surface area contributed by atoms with Gasteiger partial charge in [0.15, 0.2) is 0 Å². The minimum Gasteiger partial charge on any atom is -0.367 e. The summed E-state index contributed by atoms with van der Waals surface area (Å²) >= 11 is 0. The first-order valence-corrected chi connectivity index (χ1v) is 7.88. The molecule has 0 bridgehead atoms. The van der Waals surface area contributed by atoms with E-state index in [1.807, 2.05) is 24.4 Å². The van der Waals surface area contributed by atoms with Gasteiger partial charge in [0.1, 0.15) is 6.10 Å². The van der Waals surface area contributed by atoms with Gasteiger partial charge in [-0.05, 0) is 42.7 Å². The lowest BCUT2D eigenvalue weighted by molar-refractivity contribution is -0.0799. The largest absolute Gasteiger partial charge is 0.367 e. The minimum atomic E-state index is -0.0762. The highest BCUT2D eigenvalue weighted by Gasteiger charge is 2.33. The van der Waals surface area contributed by atoms with E-state index in [-0.39, 0.29) is 6.10 Å². The number of rotatable bonds is 5. The van der Waals surface area contributed by atoms with E-state index >= 15 is 0 Å². The van der Waals surface area contributed by atoms with Crippen molar-refractivity contribution in [1.82, 2.24) is 4.98 Å². The molecule has 4 unspecified atom stereocenters. The molecule has 0 saturated heterocycles. The predicted molar refractivity (Wildman–Crippen MR) is 82.2 cm³/mol. The standard InChI is InChI=1S/C17H28N2O/c1-12(2)14-8-7-13(3)10-16(14)20-17(11-18)15-6-4-5-9-19-15/h4-6,9,12-14,16-17H,7-8,10-11,18H2,1-3H3. The molecule has 4 atom stereocenters. The summed E-state index contributed by atoms with van der Waals surface area (Å²) < 4.78 is 6.38. The van der Waals surface area contributed by atoms with Gasteiger partial charge in [-0.25, -0.2) is 0 Å². The minimum absolute atomic E-state index is 0.0762. The van der Waals surface area contributed by atoms with Crippen molar-refractivity contribution in [2.45, 2.75) is 52.2 Å². The average Bonchev–Trinajstić information content (AvgIpc) is 2.45. The lowest BCUT2D eigenvalue weighted by atomic mass is 9.75. The lowest BCUT2D eigenvalue weighted by Gasteiger charge is -2.38. The third-order valence-electron chi connectivity index (χ3n) is 4.53. The molecule has 1 aliphatic carbocycles. The fraction of sp³-hybridized carbons (Fsp3) is 0.706. The van der Waals surface area contributed by atoms with Crippen molar-refractivity contribution in [1.29, 1.82) is 0 Å². The molecule has 1 aromatic heterocycles. The lowest BCUT2D eigenvalue weighted by Crippen LogP contribution is -2.36. The van der Waals surface area contributed by atoms with Gasteiger partial charge in [0.05, 0.1) is 11.8 Å². The van der Waals surface area contributed by atoms with Crippen LogP contribution >= 0.6 is 0 Å². The van der Waals surface area contributed by atoms with Crippen LogP contribution in [-0.2, 0) is 4.74 Å². The van der Waals surface area contributed by atoms with Gasteiger partial charge in [-0.15, -0.1) is 0 Å². The molecule has 1 saturated carbocycles. The molecule has 112 valence electrons. The third-order valence-corrected chi connectivity index (χ3v) is 4.53. The molecular weight excluding hydrogens is 248 g/mol. The van der Waals surface area contributed by atoms with Crippen molar-refractivity contribution in [3.63, 3.8) is 0 Å². The molecule has 0 aliphatic heterocycles. The number of ether oxygens (including phenoxy) is 1. The number of nitrogens with zero attached hydrogens (tertiary/aromatic N) is 1. The Hall–Kier alpha value is -0.930. The second-order valence-corrected chi connectivity index (χ2v) is 6.48. The van der Waals surface area contributed by atoms with Gasteiger partial charge in [0, 0.05) is 12.7 Å². The van der Waals surface area contributed by atoms with Gasteiger partial charge in [-0.1, -0.05) is 33.3 Å². The third kappa shape index (κ3) is 3.80. The molecule has 1 aromatic rings. The Labute approximate surface area is 122 Å². The second-order valence-electron chi connectivity index (χ2n) is 6.48. The average molecular weight is 276 g/mol. The summed E-state index contributed by atoms with van der Waals surface area (Å²) in [5.41, 5.74) is 6.87. The molecular formula is C17H28N2O. The van der Waals surface area contributed by atoms with E-state index in [1.54, 1.807) is 0 Å². The van der Waals surface area contributed by atoms with Crippen LogP contribution in [-0.4, -0.2) is 17.6 Å². The van der Waals surface area contributed by atoms with Crippen LogP contribution in [0.2, 0.25) is 0 Å². The molecule has 3 heteroatoms. The van der Waals surface area contributed by atoms with E-state index in [9.17, 15) is 0 Å². The molecule has 3 nitrogen and oxygen atoms in total. The zero-order chi connectivity index (χ0) is 14.5. The maximum atomic E-state index is 6.38. The van der Waals surface area contributed by atoms with E-state index in [0.29, 0.717) is 24.5 Å². The highest BCUT2D eigenvalue weighted by molar-refractivity contribution is 5.07. The van der Waals surface area contributed by atoms with E-state index in [1.165, 1.54) is 12.8 Å². The first-order chi connectivity index (χ1) is 9.61. The van der Waals surface area contributed by atoms with Crippen molar-refractivity contribution < 1.29 is 4.74 Å². The maximum absolute atomic E-state index is 6.38. The van der Waals surface area contributed by atoms with Crippen molar-refractivity contribution >= 4 is 0 Å². The maximum Gasteiger partial charge on any atom is 0.112 e. The summed E-state index contributed by atoms with van der Waals surface area (Å²) in [6.45, 7) is 7.42. The number of nitrogens with two attached hydrogens (primary N) is 1. The number of aromatic nitrogens is 1. The van der Waals surface area contributed by atoms with Gasteiger partial charge >= 0.3 is 0 Å². The van der Waals surface area contributed by atoms with E-state index in [2.05, 4.69) is 25.8 Å². The van der Waals surface area contributed by atoms with Crippen molar-refractivity contribution in [2.75, 3.05) is 6.54 Å². The van der Waals surface area contributed by atoms with E-state index in [4.69, 9.17) is 10.5 Å². The quantitative estimate of drug-likeness (QED) is 0.894. The Morgan fingerprint density at radius 2 is 2.15 bits per heavy atom. The molecule has 0 spiro atoms. The molecule has 1 fully saturated rings. The van der Waals surface area contributed by atoms with Gasteiger partial charge < -0.3 is 10.5 Å². The molecule has 2 N–H and O–H groups in total. The summed E-state index contributed by atoms with van der Waals surface area (Å²) in [6.07, 6.45) is 5.78. The van der Waals surface area contributed by atoms with Gasteiger partial charge in [-0.3, -0.25) is 4.98 Å². The van der Waals surface area contributed by atoms with E-state index < -0.39 is 0 Å². The monoisotopic (exact) mass is 276 g/mol. The predicted octanol–water partition coefficient (Wildman–Crippen LogP) is 3.56. The van der Waals surface area contributed by atoms with Gasteiger partial charge in [-0.2, -0.15) is 0 Å². The van der Waals surface area contributed by atoms with Crippen LogP contribution in [0.3, 0.4) is 0 Å². The van der Waals surface area contributed by atoms with Crippen molar-refractivity contribution in [3.05, 3.63) is 30.1 Å². The number of hydrogen-bond acceptors (Lipinski definition) is 3. The number of hydrogen-bond donors (Lipinski definition) is 1. The molecule has 20 heavy (non-hydrogen) atoms. The summed E-state index contributed by atoms with van der Waals surface area (Å²) in [5, 5.41) is 0. The normalized spacial score (nSPS) is 28.6. The second kappa shape index (κ2) is 7.19. The molecule has 2 rings (SSSR count). The Bertz CT molecular complexity index is 393. The van der Waals surface area contributed by atoms with Gasteiger partial charge in [0.2, 0.25) is 0 Å². The molecule has 1 aliphatic rings. The Kier molecular flexibility index (Phi) is 5.55. The molecule has 0 amide bonds. The zero-order valence-corrected chi connectivity index (χ0v) is 13.0. The van der Waals surface area contributed by atoms with Gasteiger partial charge in [0.25, 0.3) is 0 Å². The smallest absolute Gasteiger partial charge is 0.112 e. The first kappa shape index (κ1) is 15.5. The SMILES string of the molecule is CC1CCC(C(C)C)C(OC(CN)c2ccccn2)C1. The first-order valence-electron chi connectivity index (χ1n) is 7.88. The Morgan fingerprint density at radius 3 is 2.75 bits per heavy atom. The van der Waals surface area contributed by atoms with Crippen LogP contribution < -0.4 is 5.73 Å². The van der Waals surface area contributed by atoms with Crippen molar-refractivity contribution in [2.24, 2.45) is 23.5 Å². The van der Waals surface area contributed by atoms with E-state index in [0.717, 1.165) is 18.0 Å².